The molecule has 2 aromatic rings. The molecule has 0 spiro atoms. The summed E-state index contributed by atoms with van der Waals surface area (Å²) in [5.74, 6) is 0.162. The van der Waals surface area contributed by atoms with Crippen LogP contribution in [0.25, 0.3) is 0 Å². The van der Waals surface area contributed by atoms with Gasteiger partial charge >= 0.3 is 0 Å². The van der Waals surface area contributed by atoms with Crippen LogP contribution in [0.1, 0.15) is 15.9 Å². The first-order valence-corrected chi connectivity index (χ1v) is 7.33. The fourth-order valence-electron chi connectivity index (χ4n) is 2.56. The van der Waals surface area contributed by atoms with Crippen LogP contribution >= 0.6 is 0 Å². The molecule has 0 bridgehead atoms. The molecule has 1 aliphatic heterocycles. The number of Topliss-reactive ketones (excluding diaryl/α,β-unsaturated/α-hetero) is 1. The number of hydrogen-bond acceptors (Lipinski definition) is 3. The molecule has 0 radical (unpaired) electrons. The highest BCUT2D eigenvalue weighted by molar-refractivity contribution is 5.97. The molecule has 0 saturated carbocycles. The molecule has 1 aliphatic rings. The largest absolute Gasteiger partial charge is 0.378 e. The Morgan fingerprint density at radius 1 is 0.952 bits per heavy atom. The van der Waals surface area contributed by atoms with Gasteiger partial charge in [0, 0.05) is 30.8 Å². The van der Waals surface area contributed by atoms with Crippen LogP contribution in [0.2, 0.25) is 0 Å². The van der Waals surface area contributed by atoms with E-state index >= 15 is 0 Å². The van der Waals surface area contributed by atoms with Crippen LogP contribution in [-0.4, -0.2) is 32.1 Å². The van der Waals surface area contributed by atoms with E-state index in [2.05, 4.69) is 17.0 Å². The van der Waals surface area contributed by atoms with E-state index in [1.165, 1.54) is 5.69 Å². The average molecular weight is 281 g/mol. The lowest BCUT2D eigenvalue weighted by Gasteiger charge is -2.28. The van der Waals surface area contributed by atoms with Crippen molar-refractivity contribution in [2.24, 2.45) is 0 Å². The lowest BCUT2D eigenvalue weighted by molar-refractivity contribution is 0.0993. The van der Waals surface area contributed by atoms with Crippen LogP contribution < -0.4 is 4.90 Å². The summed E-state index contributed by atoms with van der Waals surface area (Å²) in [5, 5.41) is 0. The number of carbonyl (C=O) groups excluding carboxylic acids is 1. The fourth-order valence-corrected chi connectivity index (χ4v) is 2.56. The minimum absolute atomic E-state index is 0.162. The molecule has 3 rings (SSSR count). The third kappa shape index (κ3) is 3.50. The van der Waals surface area contributed by atoms with Gasteiger partial charge in [-0.25, -0.2) is 0 Å². The van der Waals surface area contributed by atoms with Crippen LogP contribution in [0.3, 0.4) is 0 Å². The molecular weight excluding hydrogens is 262 g/mol. The topological polar surface area (TPSA) is 29.5 Å². The third-order valence-corrected chi connectivity index (χ3v) is 3.77. The van der Waals surface area contributed by atoms with Gasteiger partial charge in [0.25, 0.3) is 0 Å². The van der Waals surface area contributed by atoms with Crippen molar-refractivity contribution in [2.45, 2.75) is 6.42 Å². The number of carbonyl (C=O) groups is 1. The number of rotatable bonds is 4. The minimum atomic E-state index is 0.162. The second kappa shape index (κ2) is 6.55. The van der Waals surface area contributed by atoms with E-state index in [1.54, 1.807) is 0 Å². The van der Waals surface area contributed by atoms with Crippen molar-refractivity contribution in [1.82, 2.24) is 0 Å². The van der Waals surface area contributed by atoms with Crippen molar-refractivity contribution in [3.63, 3.8) is 0 Å². The Hall–Kier alpha value is -2.13. The number of ether oxygens (including phenoxy) is 1. The number of anilines is 1. The highest BCUT2D eigenvalue weighted by Gasteiger charge is 2.11. The molecule has 108 valence electrons. The normalized spacial score (nSPS) is 15.0. The molecule has 21 heavy (non-hydrogen) atoms. The average Bonchev–Trinajstić information content (AvgIpc) is 2.57. The summed E-state index contributed by atoms with van der Waals surface area (Å²) in [6.07, 6.45) is 0.452. The highest BCUT2D eigenvalue weighted by atomic mass is 16.5. The first-order chi connectivity index (χ1) is 10.3. The van der Waals surface area contributed by atoms with Gasteiger partial charge < -0.3 is 9.64 Å². The van der Waals surface area contributed by atoms with E-state index in [0.717, 1.165) is 37.4 Å². The molecule has 0 amide bonds. The molecule has 0 N–H and O–H groups in total. The van der Waals surface area contributed by atoms with Crippen molar-refractivity contribution >= 4 is 11.5 Å². The lowest BCUT2D eigenvalue weighted by atomic mass is 10.0. The summed E-state index contributed by atoms with van der Waals surface area (Å²) in [7, 11) is 0. The molecule has 1 heterocycles. The molecule has 0 aliphatic carbocycles. The van der Waals surface area contributed by atoms with Crippen molar-refractivity contribution in [2.75, 3.05) is 31.2 Å². The van der Waals surface area contributed by atoms with Crippen LogP contribution in [0, 0.1) is 0 Å². The van der Waals surface area contributed by atoms with Gasteiger partial charge in [-0.2, -0.15) is 0 Å². The first-order valence-electron chi connectivity index (χ1n) is 7.33. The van der Waals surface area contributed by atoms with E-state index < -0.39 is 0 Å². The zero-order valence-corrected chi connectivity index (χ0v) is 12.0. The number of ketones is 1. The Balaban J connectivity index is 1.65. The van der Waals surface area contributed by atoms with Crippen molar-refractivity contribution in [1.29, 1.82) is 0 Å². The number of hydrogen-bond donors (Lipinski definition) is 0. The maximum Gasteiger partial charge on any atom is 0.167 e. The van der Waals surface area contributed by atoms with Gasteiger partial charge in [-0.1, -0.05) is 42.5 Å². The van der Waals surface area contributed by atoms with Crippen molar-refractivity contribution < 1.29 is 9.53 Å². The summed E-state index contributed by atoms with van der Waals surface area (Å²) in [6.45, 7) is 3.44. The van der Waals surface area contributed by atoms with Crippen LogP contribution in [0.4, 0.5) is 5.69 Å². The SMILES string of the molecule is O=C(Cc1ccc(N2CCOCC2)cc1)c1ccccc1. The van der Waals surface area contributed by atoms with Crippen LogP contribution in [0.15, 0.2) is 54.6 Å². The molecule has 1 fully saturated rings. The standard InChI is InChI=1S/C18H19NO2/c20-18(16-4-2-1-3-5-16)14-15-6-8-17(9-7-15)19-10-12-21-13-11-19/h1-9H,10-14H2. The van der Waals surface area contributed by atoms with Gasteiger partial charge in [-0.3, -0.25) is 4.79 Å². The maximum absolute atomic E-state index is 12.2. The molecule has 2 aromatic carbocycles. The number of morpholine rings is 1. The summed E-state index contributed by atoms with van der Waals surface area (Å²) in [4.78, 5) is 14.5. The molecule has 3 nitrogen and oxygen atoms in total. The Labute approximate surface area is 125 Å². The lowest BCUT2D eigenvalue weighted by Crippen LogP contribution is -2.36. The molecule has 0 atom stereocenters. The van der Waals surface area contributed by atoms with Crippen LogP contribution in [-0.2, 0) is 11.2 Å². The van der Waals surface area contributed by atoms with Crippen LogP contribution in [0.5, 0.6) is 0 Å². The van der Waals surface area contributed by atoms with E-state index in [-0.39, 0.29) is 5.78 Å². The molecule has 3 heteroatoms. The zero-order valence-electron chi connectivity index (χ0n) is 12.0. The smallest absolute Gasteiger partial charge is 0.167 e. The van der Waals surface area contributed by atoms with Gasteiger partial charge in [0.05, 0.1) is 13.2 Å². The summed E-state index contributed by atoms with van der Waals surface area (Å²) in [6, 6.07) is 17.7. The Morgan fingerprint density at radius 2 is 1.62 bits per heavy atom. The van der Waals surface area contributed by atoms with Gasteiger partial charge in [-0.15, -0.1) is 0 Å². The van der Waals surface area contributed by atoms with Gasteiger partial charge in [0.2, 0.25) is 0 Å². The maximum atomic E-state index is 12.2. The molecule has 0 aromatic heterocycles. The highest BCUT2D eigenvalue weighted by Crippen LogP contribution is 2.17. The van der Waals surface area contributed by atoms with Crippen molar-refractivity contribution in [3.05, 3.63) is 65.7 Å². The van der Waals surface area contributed by atoms with Gasteiger partial charge in [-0.05, 0) is 17.7 Å². The third-order valence-electron chi connectivity index (χ3n) is 3.77. The molecular formula is C18H19NO2. The number of benzene rings is 2. The summed E-state index contributed by atoms with van der Waals surface area (Å²) >= 11 is 0. The van der Waals surface area contributed by atoms with E-state index in [9.17, 15) is 4.79 Å². The predicted molar refractivity (Wildman–Crippen MR) is 84.0 cm³/mol. The van der Waals surface area contributed by atoms with E-state index in [4.69, 9.17) is 4.74 Å². The van der Waals surface area contributed by atoms with Gasteiger partial charge in [0.1, 0.15) is 0 Å². The predicted octanol–water partition coefficient (Wildman–Crippen LogP) is 2.95. The Bertz CT molecular complexity index is 586. The fraction of sp³-hybridized carbons (Fsp3) is 0.278. The number of nitrogens with zero attached hydrogens (tertiary/aromatic N) is 1. The first kappa shape index (κ1) is 13.8. The Kier molecular flexibility index (Phi) is 4.31. The van der Waals surface area contributed by atoms with E-state index in [1.807, 2.05) is 42.5 Å². The second-order valence-corrected chi connectivity index (χ2v) is 5.23. The Morgan fingerprint density at radius 3 is 2.29 bits per heavy atom. The minimum Gasteiger partial charge on any atom is -0.378 e. The molecule has 0 unspecified atom stereocenters. The molecule has 1 saturated heterocycles. The summed E-state index contributed by atoms with van der Waals surface area (Å²) < 4.78 is 5.36. The van der Waals surface area contributed by atoms with Crippen molar-refractivity contribution in [3.8, 4) is 0 Å². The quantitative estimate of drug-likeness (QED) is 0.807. The van der Waals surface area contributed by atoms with E-state index in [0.29, 0.717) is 6.42 Å². The summed E-state index contributed by atoms with van der Waals surface area (Å²) in [5.41, 5.74) is 3.03. The monoisotopic (exact) mass is 281 g/mol. The van der Waals surface area contributed by atoms with Gasteiger partial charge in [0.15, 0.2) is 5.78 Å². The zero-order chi connectivity index (χ0) is 14.5. The second-order valence-electron chi connectivity index (χ2n) is 5.23.